The number of imidazole rings is 1. The topological polar surface area (TPSA) is 67.3 Å². The molecule has 0 fully saturated rings. The van der Waals surface area contributed by atoms with Crippen molar-refractivity contribution in [3.05, 3.63) is 84.8 Å². The van der Waals surface area contributed by atoms with Crippen LogP contribution in [0, 0.1) is 0 Å². The summed E-state index contributed by atoms with van der Waals surface area (Å²) in [5.74, 6) is 1.67. The van der Waals surface area contributed by atoms with E-state index in [1.807, 2.05) is 61.2 Å². The lowest BCUT2D eigenvalue weighted by atomic mass is 10.1. The van der Waals surface area contributed by atoms with Gasteiger partial charge in [-0.05, 0) is 18.1 Å². The third kappa shape index (κ3) is 3.61. The molecular formula is C20H17N5. The number of H-pyrrole nitrogens is 1. The van der Waals surface area contributed by atoms with Gasteiger partial charge in [-0.3, -0.25) is 4.98 Å². The van der Waals surface area contributed by atoms with E-state index in [4.69, 9.17) is 0 Å². The fraction of sp³-hybridized carbons (Fsp3) is 0.100. The molecule has 5 heteroatoms. The van der Waals surface area contributed by atoms with Crippen molar-refractivity contribution in [2.24, 2.45) is 0 Å². The van der Waals surface area contributed by atoms with Crippen molar-refractivity contribution in [2.75, 3.05) is 0 Å². The van der Waals surface area contributed by atoms with E-state index in [9.17, 15) is 0 Å². The number of rotatable bonds is 5. The second kappa shape index (κ2) is 7.05. The van der Waals surface area contributed by atoms with Gasteiger partial charge in [0, 0.05) is 42.3 Å². The molecule has 0 aliphatic rings. The van der Waals surface area contributed by atoms with Crippen LogP contribution in [0.15, 0.2) is 73.4 Å². The van der Waals surface area contributed by atoms with Gasteiger partial charge >= 0.3 is 0 Å². The first kappa shape index (κ1) is 15.2. The number of hydrogen-bond acceptors (Lipinski definition) is 4. The summed E-state index contributed by atoms with van der Waals surface area (Å²) >= 11 is 0. The number of aryl methyl sites for hydroxylation is 2. The molecule has 0 bridgehead atoms. The van der Waals surface area contributed by atoms with Gasteiger partial charge in [0.1, 0.15) is 5.82 Å². The third-order valence-corrected chi connectivity index (χ3v) is 4.00. The summed E-state index contributed by atoms with van der Waals surface area (Å²) in [5.41, 5.74) is 4.08. The quantitative estimate of drug-likeness (QED) is 0.607. The lowest BCUT2D eigenvalue weighted by molar-refractivity contribution is 0.879. The molecule has 4 rings (SSSR count). The molecule has 3 aromatic heterocycles. The number of nitrogens with zero attached hydrogens (tertiary/aromatic N) is 4. The molecule has 0 atom stereocenters. The highest BCUT2D eigenvalue weighted by atomic mass is 14.9. The summed E-state index contributed by atoms with van der Waals surface area (Å²) in [6.45, 7) is 0. The molecule has 5 nitrogen and oxygen atoms in total. The molecule has 0 aliphatic carbocycles. The molecular weight excluding hydrogens is 310 g/mol. The van der Waals surface area contributed by atoms with Gasteiger partial charge < -0.3 is 4.98 Å². The molecule has 0 spiro atoms. The smallest absolute Gasteiger partial charge is 0.159 e. The van der Waals surface area contributed by atoms with E-state index in [1.54, 1.807) is 6.20 Å². The normalized spacial score (nSPS) is 10.7. The number of pyridine rings is 1. The molecule has 0 amide bonds. The van der Waals surface area contributed by atoms with Gasteiger partial charge in [0.25, 0.3) is 0 Å². The van der Waals surface area contributed by atoms with E-state index < -0.39 is 0 Å². The van der Waals surface area contributed by atoms with Gasteiger partial charge in [-0.1, -0.05) is 36.4 Å². The average molecular weight is 327 g/mol. The Balaban J connectivity index is 1.46. The van der Waals surface area contributed by atoms with Gasteiger partial charge in [-0.2, -0.15) is 0 Å². The van der Waals surface area contributed by atoms with E-state index >= 15 is 0 Å². The minimum atomic E-state index is 0.723. The van der Waals surface area contributed by atoms with E-state index in [0.29, 0.717) is 0 Å². The molecule has 0 saturated heterocycles. The molecule has 0 saturated carbocycles. The second-order valence-corrected chi connectivity index (χ2v) is 5.77. The van der Waals surface area contributed by atoms with Crippen LogP contribution in [0.4, 0.5) is 0 Å². The maximum absolute atomic E-state index is 4.46. The highest BCUT2D eigenvalue weighted by Crippen LogP contribution is 2.19. The SMILES string of the molecule is c1ccc(-c2ncc(-c3cnc(CCc4cccnc4)[nH]3)cn2)cc1. The Morgan fingerprint density at radius 3 is 2.32 bits per heavy atom. The van der Waals surface area contributed by atoms with Crippen molar-refractivity contribution in [1.82, 2.24) is 24.9 Å². The van der Waals surface area contributed by atoms with Gasteiger partial charge in [0.15, 0.2) is 5.82 Å². The summed E-state index contributed by atoms with van der Waals surface area (Å²) in [6, 6.07) is 14.0. The molecule has 0 aliphatic heterocycles. The standard InChI is InChI=1S/C20H17N5/c1-2-6-16(7-3-1)20-23-12-17(13-24-20)18-14-22-19(25-18)9-8-15-5-4-10-21-11-15/h1-7,10-14H,8-9H2,(H,22,25). The highest BCUT2D eigenvalue weighted by molar-refractivity contribution is 5.60. The average Bonchev–Trinajstić information content (AvgIpc) is 3.17. The number of benzene rings is 1. The zero-order valence-electron chi connectivity index (χ0n) is 13.6. The lowest BCUT2D eigenvalue weighted by Gasteiger charge is -2.01. The fourth-order valence-electron chi connectivity index (χ4n) is 2.65. The van der Waals surface area contributed by atoms with Crippen molar-refractivity contribution in [3.63, 3.8) is 0 Å². The first-order valence-corrected chi connectivity index (χ1v) is 8.19. The lowest BCUT2D eigenvalue weighted by Crippen LogP contribution is -1.94. The number of hydrogen-bond donors (Lipinski definition) is 1. The van der Waals surface area contributed by atoms with Crippen LogP contribution in [0.25, 0.3) is 22.6 Å². The molecule has 0 radical (unpaired) electrons. The molecule has 122 valence electrons. The Morgan fingerprint density at radius 2 is 1.56 bits per heavy atom. The zero-order chi connectivity index (χ0) is 16.9. The van der Waals surface area contributed by atoms with Gasteiger partial charge in [0.05, 0.1) is 11.9 Å². The third-order valence-electron chi connectivity index (χ3n) is 4.00. The van der Waals surface area contributed by atoms with Crippen molar-refractivity contribution in [2.45, 2.75) is 12.8 Å². The largest absolute Gasteiger partial charge is 0.342 e. The Kier molecular flexibility index (Phi) is 4.29. The van der Waals surface area contributed by atoms with Crippen molar-refractivity contribution in [3.8, 4) is 22.6 Å². The predicted molar refractivity (Wildman–Crippen MR) is 96.7 cm³/mol. The zero-order valence-corrected chi connectivity index (χ0v) is 13.6. The minimum absolute atomic E-state index is 0.723. The molecule has 4 aromatic rings. The van der Waals surface area contributed by atoms with Crippen LogP contribution in [0.5, 0.6) is 0 Å². The number of nitrogens with one attached hydrogen (secondary N) is 1. The highest BCUT2D eigenvalue weighted by Gasteiger charge is 2.06. The van der Waals surface area contributed by atoms with Crippen LogP contribution >= 0.6 is 0 Å². The summed E-state index contributed by atoms with van der Waals surface area (Å²) in [7, 11) is 0. The monoisotopic (exact) mass is 327 g/mol. The first-order chi connectivity index (χ1) is 12.4. The summed E-state index contributed by atoms with van der Waals surface area (Å²) < 4.78 is 0. The second-order valence-electron chi connectivity index (χ2n) is 5.77. The molecule has 0 unspecified atom stereocenters. The van der Waals surface area contributed by atoms with E-state index in [2.05, 4.69) is 31.0 Å². The maximum Gasteiger partial charge on any atom is 0.159 e. The van der Waals surface area contributed by atoms with Crippen molar-refractivity contribution >= 4 is 0 Å². The Morgan fingerprint density at radius 1 is 0.720 bits per heavy atom. The Bertz CT molecular complexity index is 931. The van der Waals surface area contributed by atoms with Crippen LogP contribution in [-0.2, 0) is 12.8 Å². The number of aromatic nitrogens is 5. The predicted octanol–water partition coefficient (Wildman–Crippen LogP) is 3.71. The van der Waals surface area contributed by atoms with Crippen LogP contribution < -0.4 is 0 Å². The Labute approximate surface area is 145 Å². The van der Waals surface area contributed by atoms with E-state index in [1.165, 1.54) is 5.56 Å². The van der Waals surface area contributed by atoms with Gasteiger partial charge in [-0.25, -0.2) is 15.0 Å². The van der Waals surface area contributed by atoms with Crippen molar-refractivity contribution < 1.29 is 0 Å². The maximum atomic E-state index is 4.46. The summed E-state index contributed by atoms with van der Waals surface area (Å²) in [5, 5.41) is 0. The fourth-order valence-corrected chi connectivity index (χ4v) is 2.65. The Hall–Kier alpha value is -3.34. The summed E-state index contributed by atoms with van der Waals surface area (Å²) in [4.78, 5) is 20.9. The van der Waals surface area contributed by atoms with Crippen LogP contribution in [0.3, 0.4) is 0 Å². The van der Waals surface area contributed by atoms with E-state index in [0.717, 1.165) is 41.3 Å². The minimum Gasteiger partial charge on any atom is -0.342 e. The molecule has 3 heterocycles. The van der Waals surface area contributed by atoms with Crippen LogP contribution in [-0.4, -0.2) is 24.9 Å². The molecule has 25 heavy (non-hydrogen) atoms. The van der Waals surface area contributed by atoms with Gasteiger partial charge in [0.2, 0.25) is 0 Å². The molecule has 1 N–H and O–H groups in total. The van der Waals surface area contributed by atoms with Gasteiger partial charge in [-0.15, -0.1) is 0 Å². The number of aromatic amines is 1. The van der Waals surface area contributed by atoms with E-state index in [-0.39, 0.29) is 0 Å². The molecule has 1 aromatic carbocycles. The van der Waals surface area contributed by atoms with Crippen LogP contribution in [0.1, 0.15) is 11.4 Å². The van der Waals surface area contributed by atoms with Crippen LogP contribution in [0.2, 0.25) is 0 Å². The summed E-state index contributed by atoms with van der Waals surface area (Å²) in [6.07, 6.45) is 10.9. The van der Waals surface area contributed by atoms with Crippen molar-refractivity contribution in [1.29, 1.82) is 0 Å². The first-order valence-electron chi connectivity index (χ1n) is 8.19.